The van der Waals surface area contributed by atoms with E-state index in [0.29, 0.717) is 0 Å². The van der Waals surface area contributed by atoms with Gasteiger partial charge in [-0.1, -0.05) is 190 Å². The first-order chi connectivity index (χ1) is 12.2. The van der Waals surface area contributed by atoms with Crippen molar-refractivity contribution >= 4 is 191 Å². The van der Waals surface area contributed by atoms with Gasteiger partial charge in [0, 0.05) is 17.9 Å². The third-order valence-electron chi connectivity index (χ3n) is 3.87. The fourth-order valence-corrected chi connectivity index (χ4v) is 14.2. The van der Waals surface area contributed by atoms with Crippen LogP contribution in [0.3, 0.4) is 0 Å². The van der Waals surface area contributed by atoms with Crippen molar-refractivity contribution in [3.8, 4) is 0 Å². The molecule has 1 aliphatic carbocycles. The van der Waals surface area contributed by atoms with Gasteiger partial charge in [-0.05, 0) is 37.4 Å². The van der Waals surface area contributed by atoms with Crippen LogP contribution in [-0.4, -0.2) is 15.6 Å². The van der Waals surface area contributed by atoms with Gasteiger partial charge in [0.1, 0.15) is 14.0 Å². The summed E-state index contributed by atoms with van der Waals surface area (Å²) in [6, 6.07) is 10.0. The van der Waals surface area contributed by atoms with Gasteiger partial charge in [0.15, 0.2) is 0 Å². The Balaban J connectivity index is 2.69. The summed E-state index contributed by atoms with van der Waals surface area (Å²) in [7, 11) is 0. The fourth-order valence-electron chi connectivity index (χ4n) is 2.31. The zero-order chi connectivity index (χ0) is 21.0. The van der Waals surface area contributed by atoms with Gasteiger partial charge in [-0.25, -0.2) is 0 Å². The quantitative estimate of drug-likeness (QED) is 0.264. The number of benzene rings is 1. The standard InChI is InChI=1S/C15H6Br12/c16-7-8(17)10(19)12(21,11(20)9(7)18)14(24,25)15(26,27)13(22,23)6-4-2-1-3-5-6/h1-5,10H. The largest absolute Gasteiger partial charge is 0.136 e. The molecule has 1 aromatic carbocycles. The van der Waals surface area contributed by atoms with Gasteiger partial charge in [0.05, 0.1) is 4.83 Å². The Morgan fingerprint density at radius 1 is 0.778 bits per heavy atom. The fraction of sp³-hybridized carbons (Fsp3) is 0.333. The lowest BCUT2D eigenvalue weighted by Gasteiger charge is -2.53. The van der Waals surface area contributed by atoms with E-state index in [0.717, 1.165) is 23.5 Å². The first kappa shape index (κ1) is 27.7. The molecule has 27 heavy (non-hydrogen) atoms. The third-order valence-corrected chi connectivity index (χ3v) is 25.6. The Kier molecular flexibility index (Phi) is 10.2. The zero-order valence-electron chi connectivity index (χ0n) is 12.5. The summed E-state index contributed by atoms with van der Waals surface area (Å²) >= 11 is 46.1. The second-order valence-electron chi connectivity index (χ2n) is 5.45. The minimum absolute atomic E-state index is 0.144. The highest BCUT2D eigenvalue weighted by Crippen LogP contribution is 2.73. The van der Waals surface area contributed by atoms with E-state index < -0.39 is 14.0 Å². The number of halogens is 12. The maximum absolute atomic E-state index is 4.00. The molecule has 0 saturated heterocycles. The highest BCUT2D eigenvalue weighted by molar-refractivity contribution is 9.33. The Labute approximate surface area is 259 Å². The van der Waals surface area contributed by atoms with Crippen molar-refractivity contribution < 1.29 is 0 Å². The van der Waals surface area contributed by atoms with E-state index in [1.54, 1.807) is 0 Å². The molecule has 0 spiro atoms. The van der Waals surface area contributed by atoms with Crippen molar-refractivity contribution in [2.24, 2.45) is 0 Å². The summed E-state index contributed by atoms with van der Waals surface area (Å²) in [5.74, 6) is 0. The van der Waals surface area contributed by atoms with Crippen molar-refractivity contribution in [2.45, 2.75) is 18.9 Å². The molecule has 0 bridgehead atoms. The molecule has 0 radical (unpaired) electrons. The molecule has 0 aromatic heterocycles. The molecule has 0 heterocycles. The van der Waals surface area contributed by atoms with E-state index in [4.69, 9.17) is 0 Å². The molecular formula is C15H6Br12. The lowest BCUT2D eigenvalue weighted by Crippen LogP contribution is -2.61. The number of hydrogen-bond donors (Lipinski definition) is 0. The van der Waals surface area contributed by atoms with Gasteiger partial charge in [-0.3, -0.25) is 0 Å². The Hall–Kier alpha value is 4.46. The predicted molar refractivity (Wildman–Crippen MR) is 161 cm³/mol. The van der Waals surface area contributed by atoms with Crippen LogP contribution in [0.15, 0.2) is 48.3 Å². The second kappa shape index (κ2) is 9.98. The second-order valence-corrected chi connectivity index (χ2v) is 21.2. The topological polar surface area (TPSA) is 0 Å². The highest BCUT2D eigenvalue weighted by Gasteiger charge is 2.69. The number of alkyl halides is 8. The Morgan fingerprint density at radius 2 is 1.26 bits per heavy atom. The van der Waals surface area contributed by atoms with Crippen molar-refractivity contribution in [1.29, 1.82) is 0 Å². The molecule has 12 heteroatoms. The van der Waals surface area contributed by atoms with Crippen LogP contribution in [0.2, 0.25) is 0 Å². The van der Waals surface area contributed by atoms with Crippen LogP contribution < -0.4 is 0 Å². The molecule has 150 valence electrons. The lowest BCUT2D eigenvalue weighted by molar-refractivity contribution is 0.601. The highest BCUT2D eigenvalue weighted by atomic mass is 79.9. The third kappa shape index (κ3) is 4.57. The molecule has 2 atom stereocenters. The first-order valence-electron chi connectivity index (χ1n) is 6.79. The van der Waals surface area contributed by atoms with E-state index in [2.05, 4.69) is 191 Å². The molecular weight excluding hydrogens is 1140 g/mol. The number of allylic oxidation sites excluding steroid dienone is 4. The monoisotopic (exact) mass is 1130 g/mol. The normalized spacial score (nSPS) is 25.3. The molecule has 1 aliphatic rings. The molecule has 0 amide bonds. The van der Waals surface area contributed by atoms with Crippen LogP contribution in [0.4, 0.5) is 0 Å². The molecule has 0 N–H and O–H groups in total. The maximum Gasteiger partial charge on any atom is 0.136 e. The molecule has 0 aliphatic heterocycles. The van der Waals surface area contributed by atoms with E-state index in [9.17, 15) is 0 Å². The van der Waals surface area contributed by atoms with Crippen LogP contribution in [0.5, 0.6) is 0 Å². The number of rotatable bonds is 4. The molecule has 1 aromatic rings. The average Bonchev–Trinajstić information content (AvgIpc) is 2.63. The Bertz CT molecular complexity index is 794. The molecule has 0 fully saturated rings. The minimum atomic E-state index is -0.804. The van der Waals surface area contributed by atoms with Gasteiger partial charge >= 0.3 is 0 Å². The number of hydrogen-bond acceptors (Lipinski definition) is 0. The van der Waals surface area contributed by atoms with Crippen LogP contribution in [0.1, 0.15) is 5.56 Å². The molecule has 0 saturated carbocycles. The van der Waals surface area contributed by atoms with Crippen LogP contribution in [0, 0.1) is 0 Å². The van der Waals surface area contributed by atoms with E-state index in [-0.39, 0.29) is 4.83 Å². The van der Waals surface area contributed by atoms with Gasteiger partial charge in [-0.15, -0.1) is 0 Å². The van der Waals surface area contributed by atoms with Crippen LogP contribution in [0.25, 0.3) is 0 Å². The first-order valence-corrected chi connectivity index (χ1v) is 16.4. The summed E-state index contributed by atoms with van der Waals surface area (Å²) in [6.45, 7) is 0. The lowest BCUT2D eigenvalue weighted by atomic mass is 9.92. The van der Waals surface area contributed by atoms with Crippen LogP contribution in [-0.2, 0) is 3.23 Å². The Morgan fingerprint density at radius 3 is 1.74 bits per heavy atom. The smallest absolute Gasteiger partial charge is 0.0812 e. The summed E-state index contributed by atoms with van der Waals surface area (Å²) in [5.41, 5.74) is 1.02. The average molecular weight is 1150 g/mol. The van der Waals surface area contributed by atoms with Crippen molar-refractivity contribution in [3.05, 3.63) is 53.8 Å². The van der Waals surface area contributed by atoms with Gasteiger partial charge in [-0.2, -0.15) is 0 Å². The van der Waals surface area contributed by atoms with Crippen molar-refractivity contribution in [2.75, 3.05) is 0 Å². The van der Waals surface area contributed by atoms with Gasteiger partial charge in [0.25, 0.3) is 0 Å². The van der Waals surface area contributed by atoms with Gasteiger partial charge in [0.2, 0.25) is 0 Å². The summed E-state index contributed by atoms with van der Waals surface area (Å²) in [5, 5.41) is 0. The van der Waals surface area contributed by atoms with E-state index in [1.807, 2.05) is 30.3 Å². The molecule has 0 nitrogen and oxygen atoms in total. The van der Waals surface area contributed by atoms with E-state index in [1.165, 1.54) is 0 Å². The summed E-state index contributed by atoms with van der Waals surface area (Å²) in [4.78, 5) is -0.144. The van der Waals surface area contributed by atoms with Crippen molar-refractivity contribution in [1.82, 2.24) is 0 Å². The minimum Gasteiger partial charge on any atom is -0.0812 e. The molecule has 2 rings (SSSR count). The summed E-state index contributed by atoms with van der Waals surface area (Å²) in [6.07, 6.45) is 0. The maximum atomic E-state index is 4.00. The SMILES string of the molecule is BrC1=C(Br)C(Br)C(Br)(C(Br)(Br)C(Br)(Br)C(Br)(Br)c2ccccc2)C(Br)=C1Br. The zero-order valence-corrected chi connectivity index (χ0v) is 31.5. The van der Waals surface area contributed by atoms with Gasteiger partial charge < -0.3 is 0 Å². The predicted octanol–water partition coefficient (Wildman–Crippen LogP) is 11.5. The van der Waals surface area contributed by atoms with E-state index >= 15 is 0 Å². The molecule has 2 unspecified atom stereocenters. The summed E-state index contributed by atoms with van der Waals surface area (Å²) < 4.78 is 0.667. The van der Waals surface area contributed by atoms with Crippen molar-refractivity contribution in [3.63, 3.8) is 0 Å². The van der Waals surface area contributed by atoms with Crippen LogP contribution >= 0.6 is 191 Å².